The van der Waals surface area contributed by atoms with Gasteiger partial charge in [-0.2, -0.15) is 0 Å². The second kappa shape index (κ2) is 10.5. The molecule has 0 saturated heterocycles. The normalized spacial score (nSPS) is 53.9. The van der Waals surface area contributed by atoms with Crippen LogP contribution in [-0.2, 0) is 19.1 Å². The highest BCUT2D eigenvalue weighted by molar-refractivity contribution is 5.87. The van der Waals surface area contributed by atoms with Crippen LogP contribution in [-0.4, -0.2) is 23.1 Å². The fraction of sp³-hybridized carbons (Fsp3) is 0.854. The van der Waals surface area contributed by atoms with E-state index in [1.165, 1.54) is 109 Å². The molecule has 0 amide bonds. The van der Waals surface area contributed by atoms with Crippen molar-refractivity contribution in [3.63, 3.8) is 0 Å². The molecule has 248 valence electrons. The van der Waals surface area contributed by atoms with Crippen LogP contribution in [0.3, 0.4) is 0 Å². The van der Waals surface area contributed by atoms with E-state index in [9.17, 15) is 9.59 Å². The zero-order chi connectivity index (χ0) is 31.5. The highest BCUT2D eigenvalue weighted by Crippen LogP contribution is 2.72. The lowest BCUT2D eigenvalue weighted by atomic mass is 9.41. The first-order chi connectivity index (χ1) is 21.4. The molecule has 12 atom stereocenters. The van der Waals surface area contributed by atoms with Gasteiger partial charge in [-0.1, -0.05) is 46.8 Å². The quantitative estimate of drug-likeness (QED) is 0.201. The van der Waals surface area contributed by atoms with Crippen LogP contribution in [0.1, 0.15) is 130 Å². The van der Waals surface area contributed by atoms with E-state index in [0.29, 0.717) is 69.7 Å². The van der Waals surface area contributed by atoms with Gasteiger partial charge in [0, 0.05) is 47.2 Å². The predicted octanol–water partition coefficient (Wildman–Crippen LogP) is 9.47. The lowest BCUT2D eigenvalue weighted by Crippen LogP contribution is -2.66. The van der Waals surface area contributed by atoms with Crippen molar-refractivity contribution in [2.45, 2.75) is 142 Å². The fourth-order valence-electron chi connectivity index (χ4n) is 15.6. The molecule has 0 aromatic rings. The van der Waals surface area contributed by atoms with E-state index < -0.39 is 0 Å². The van der Waals surface area contributed by atoms with E-state index in [0.717, 1.165) is 11.8 Å². The molecule has 0 heterocycles. The number of ether oxygens (including phenoxy) is 2. The largest absolute Gasteiger partial charge is 0.455 e. The molecular weight excluding hydrogens is 556 g/mol. The lowest BCUT2D eigenvalue weighted by molar-refractivity contribution is -0.248. The summed E-state index contributed by atoms with van der Waals surface area (Å²) in [5.74, 6) is 6.18. The van der Waals surface area contributed by atoms with Gasteiger partial charge in [-0.15, -0.1) is 0 Å². The predicted molar refractivity (Wildman–Crippen MR) is 177 cm³/mol. The summed E-state index contributed by atoms with van der Waals surface area (Å²) < 4.78 is 13.5. The van der Waals surface area contributed by atoms with E-state index in [4.69, 9.17) is 9.47 Å². The number of rotatable bonds is 8. The van der Waals surface area contributed by atoms with E-state index in [1.807, 2.05) is 6.92 Å². The summed E-state index contributed by atoms with van der Waals surface area (Å²) in [6.07, 6.45) is 21.7. The number of carbonyl (C=O) groups is 2. The number of hydrogen-bond donors (Lipinski definition) is 0. The average Bonchev–Trinajstić information content (AvgIpc) is 3.56. The van der Waals surface area contributed by atoms with Crippen molar-refractivity contribution in [1.82, 2.24) is 0 Å². The third kappa shape index (κ3) is 4.55. The standard InChI is InChI=1S/C41H60O4/c1-7-36(42)44-41(30-12-28-13-31(41)21-38(6,17-28)20-30)35-16-27(11-26(35)5)18-39-19-29-14-32(22-39)40(33(15-29)23-39,45-37(43)24(2)3)34-10-8-9-25(34)4/h7,25-35H,1-2,8-23H2,3-6H3/t25?,26?,27?,28?,29?,30?,31?,32-,33?,34?,35?,38?,39?,40?,41?/m1/s1. The van der Waals surface area contributed by atoms with Gasteiger partial charge in [-0.05, 0) is 137 Å². The lowest BCUT2D eigenvalue weighted by Gasteiger charge is -2.67. The molecule has 0 spiro atoms. The van der Waals surface area contributed by atoms with Crippen molar-refractivity contribution in [3.05, 3.63) is 24.8 Å². The van der Waals surface area contributed by atoms with Crippen LogP contribution in [0.2, 0.25) is 0 Å². The average molecular weight is 617 g/mol. The van der Waals surface area contributed by atoms with Gasteiger partial charge >= 0.3 is 11.9 Å². The Labute approximate surface area is 272 Å². The highest BCUT2D eigenvalue weighted by atomic mass is 16.6. The van der Waals surface area contributed by atoms with Crippen LogP contribution in [0.4, 0.5) is 0 Å². The summed E-state index contributed by atoms with van der Waals surface area (Å²) in [4.78, 5) is 26.3. The Kier molecular flexibility index (Phi) is 7.14. The van der Waals surface area contributed by atoms with Crippen molar-refractivity contribution < 1.29 is 19.1 Å². The maximum atomic E-state index is 13.3. The minimum atomic E-state index is -0.290. The van der Waals surface area contributed by atoms with Crippen molar-refractivity contribution in [2.75, 3.05) is 0 Å². The zero-order valence-electron chi connectivity index (χ0n) is 28.8. The fourth-order valence-corrected chi connectivity index (χ4v) is 15.6. The maximum absolute atomic E-state index is 13.3. The molecule has 10 rings (SSSR count). The summed E-state index contributed by atoms with van der Waals surface area (Å²) in [6.45, 7) is 17.1. The minimum Gasteiger partial charge on any atom is -0.455 e. The van der Waals surface area contributed by atoms with Crippen LogP contribution in [0.5, 0.6) is 0 Å². The Bertz CT molecular complexity index is 1230. The third-order valence-electron chi connectivity index (χ3n) is 16.1. The molecule has 4 heteroatoms. The van der Waals surface area contributed by atoms with Crippen LogP contribution >= 0.6 is 0 Å². The molecule has 0 N–H and O–H groups in total. The van der Waals surface area contributed by atoms with Crippen molar-refractivity contribution in [3.8, 4) is 0 Å². The molecule has 0 aromatic carbocycles. The smallest absolute Gasteiger partial charge is 0.333 e. The van der Waals surface area contributed by atoms with Gasteiger partial charge in [0.2, 0.25) is 0 Å². The van der Waals surface area contributed by atoms with Crippen LogP contribution < -0.4 is 0 Å². The first kappa shape index (κ1) is 30.7. The summed E-state index contributed by atoms with van der Waals surface area (Å²) in [5, 5.41) is 0. The molecule has 10 aliphatic carbocycles. The third-order valence-corrected chi connectivity index (χ3v) is 16.1. The number of esters is 2. The molecule has 0 radical (unpaired) electrons. The summed E-state index contributed by atoms with van der Waals surface area (Å²) in [6, 6.07) is 0. The SMILES string of the molecule is C=CC(=O)OC1(C2CC(CC34CC5CC(C3)C(OC(=O)C(=C)C)(C3CCCC3C)[C@H](C5)C4)CC2C)C2CC3CC1CC(C)(C3)C2. The van der Waals surface area contributed by atoms with Crippen molar-refractivity contribution >= 4 is 11.9 Å². The van der Waals surface area contributed by atoms with E-state index in [2.05, 4.69) is 33.9 Å². The molecule has 10 fully saturated rings. The topological polar surface area (TPSA) is 52.6 Å². The molecule has 45 heavy (non-hydrogen) atoms. The van der Waals surface area contributed by atoms with Gasteiger partial charge < -0.3 is 9.47 Å². The Hall–Kier alpha value is -1.58. The number of carbonyl (C=O) groups excluding carboxylic acids is 2. The van der Waals surface area contributed by atoms with Gasteiger partial charge in [-0.25, -0.2) is 9.59 Å². The summed E-state index contributed by atoms with van der Waals surface area (Å²) in [7, 11) is 0. The number of hydrogen-bond acceptors (Lipinski definition) is 4. The second-order valence-corrected chi connectivity index (χ2v) is 19.1. The second-order valence-electron chi connectivity index (χ2n) is 19.1. The summed E-state index contributed by atoms with van der Waals surface area (Å²) in [5.41, 5.74) is 0.815. The Balaban J connectivity index is 1.06. The molecule has 4 nitrogen and oxygen atoms in total. The minimum absolute atomic E-state index is 0.146. The Morgan fingerprint density at radius 1 is 0.756 bits per heavy atom. The van der Waals surface area contributed by atoms with Crippen LogP contribution in [0.25, 0.3) is 0 Å². The van der Waals surface area contributed by atoms with Crippen LogP contribution in [0.15, 0.2) is 24.8 Å². The first-order valence-corrected chi connectivity index (χ1v) is 19.1. The van der Waals surface area contributed by atoms with Gasteiger partial charge in [-0.3, -0.25) is 0 Å². The van der Waals surface area contributed by atoms with Gasteiger partial charge in [0.1, 0.15) is 11.2 Å². The molecule has 10 aliphatic rings. The molecule has 11 unspecified atom stereocenters. The Morgan fingerprint density at radius 2 is 1.36 bits per heavy atom. The molecule has 10 saturated carbocycles. The van der Waals surface area contributed by atoms with Gasteiger partial charge in [0.15, 0.2) is 0 Å². The Morgan fingerprint density at radius 3 is 1.91 bits per heavy atom. The van der Waals surface area contributed by atoms with Gasteiger partial charge in [0.25, 0.3) is 0 Å². The zero-order valence-corrected chi connectivity index (χ0v) is 28.8. The molecule has 0 aromatic heterocycles. The molecule has 8 bridgehead atoms. The monoisotopic (exact) mass is 616 g/mol. The van der Waals surface area contributed by atoms with E-state index in [1.54, 1.807) is 0 Å². The molecular formula is C41H60O4. The van der Waals surface area contributed by atoms with E-state index >= 15 is 0 Å². The van der Waals surface area contributed by atoms with Gasteiger partial charge in [0.05, 0.1) is 0 Å². The highest BCUT2D eigenvalue weighted by Gasteiger charge is 2.69. The van der Waals surface area contributed by atoms with Crippen LogP contribution in [0, 0.1) is 75.9 Å². The molecule has 0 aliphatic heterocycles. The van der Waals surface area contributed by atoms with Crippen molar-refractivity contribution in [1.29, 1.82) is 0 Å². The first-order valence-electron chi connectivity index (χ1n) is 19.1. The maximum Gasteiger partial charge on any atom is 0.333 e. The van der Waals surface area contributed by atoms with E-state index in [-0.39, 0.29) is 23.1 Å². The summed E-state index contributed by atoms with van der Waals surface area (Å²) >= 11 is 0. The van der Waals surface area contributed by atoms with Crippen molar-refractivity contribution in [2.24, 2.45) is 75.9 Å².